The zero-order valence-electron chi connectivity index (χ0n) is 16.9. The molecule has 2 N–H and O–H groups in total. The van der Waals surface area contributed by atoms with E-state index in [1.165, 1.54) is 5.56 Å². The summed E-state index contributed by atoms with van der Waals surface area (Å²) in [5.41, 5.74) is 6.81. The van der Waals surface area contributed by atoms with Crippen molar-refractivity contribution in [1.82, 2.24) is 0 Å². The van der Waals surface area contributed by atoms with Crippen LogP contribution < -0.4 is 5.46 Å². The average molecular weight is 394 g/mol. The fraction of sp³-hybridized carbons (Fsp3) is 0.0769. The van der Waals surface area contributed by atoms with Crippen LogP contribution in [0, 0.1) is 0 Å². The van der Waals surface area contributed by atoms with Crippen molar-refractivity contribution >= 4 is 35.7 Å². The van der Waals surface area contributed by atoms with E-state index in [2.05, 4.69) is 43.0 Å². The molecule has 0 saturated heterocycles. The summed E-state index contributed by atoms with van der Waals surface area (Å²) in [5, 5.41) is 19.7. The first kappa shape index (κ1) is 20.0. The van der Waals surface area contributed by atoms with E-state index in [1.54, 1.807) is 18.2 Å². The Hall–Kier alpha value is -3.34. The van der Waals surface area contributed by atoms with Crippen LogP contribution >= 0.6 is 0 Å². The Morgan fingerprint density at radius 3 is 2.37 bits per heavy atom. The predicted octanol–water partition coefficient (Wildman–Crippen LogP) is 5.05. The first-order valence-electron chi connectivity index (χ1n) is 9.96. The number of para-hydroxylation sites is 1. The number of fused-ring (bicyclic) bond motifs is 1. The molecule has 4 aromatic rings. The third-order valence-electron chi connectivity index (χ3n) is 5.28. The molecular weight excluding hydrogens is 371 g/mol. The van der Waals surface area contributed by atoms with Crippen molar-refractivity contribution in [3.8, 4) is 11.1 Å². The fourth-order valence-corrected chi connectivity index (χ4v) is 3.82. The van der Waals surface area contributed by atoms with E-state index in [0.29, 0.717) is 5.46 Å². The minimum absolute atomic E-state index is 0.487. The van der Waals surface area contributed by atoms with E-state index < -0.39 is 7.12 Å². The van der Waals surface area contributed by atoms with Gasteiger partial charge in [-0.1, -0.05) is 85.5 Å². The van der Waals surface area contributed by atoms with Gasteiger partial charge in [-0.15, -0.1) is 0 Å². The lowest BCUT2D eigenvalue weighted by Gasteiger charge is -2.11. The van der Waals surface area contributed by atoms with Gasteiger partial charge in [0.2, 0.25) is 0 Å². The minimum Gasteiger partial charge on any atom is -0.455 e. The first-order chi connectivity index (χ1) is 14.6. The van der Waals surface area contributed by atoms with Crippen LogP contribution in [0.3, 0.4) is 0 Å². The molecule has 0 radical (unpaired) electrons. The third kappa shape index (κ3) is 3.75. The van der Waals surface area contributed by atoms with Crippen LogP contribution in [0.25, 0.3) is 34.2 Å². The summed E-state index contributed by atoms with van der Waals surface area (Å²) in [6.45, 7) is 5.89. The van der Waals surface area contributed by atoms with Crippen molar-refractivity contribution in [1.29, 1.82) is 0 Å². The summed E-state index contributed by atoms with van der Waals surface area (Å²) in [7, 11) is -1.45. The fourth-order valence-electron chi connectivity index (χ4n) is 3.82. The Kier molecular flexibility index (Phi) is 5.71. The molecule has 0 aliphatic heterocycles. The minimum atomic E-state index is -1.45. The maximum atomic E-state index is 9.31. The van der Waals surface area contributed by atoms with Gasteiger partial charge in [0.05, 0.1) is 0 Å². The van der Waals surface area contributed by atoms with Gasteiger partial charge in [0.1, 0.15) is 11.3 Å². The lowest BCUT2D eigenvalue weighted by molar-refractivity contribution is 0.426. The smallest absolute Gasteiger partial charge is 0.455 e. The highest BCUT2D eigenvalue weighted by Gasteiger charge is 2.16. The van der Waals surface area contributed by atoms with Crippen molar-refractivity contribution < 1.29 is 14.5 Å². The van der Waals surface area contributed by atoms with Crippen molar-refractivity contribution in [2.75, 3.05) is 0 Å². The van der Waals surface area contributed by atoms with Gasteiger partial charge in [-0.25, -0.2) is 0 Å². The van der Waals surface area contributed by atoms with Crippen LogP contribution in [0.1, 0.15) is 29.4 Å². The Morgan fingerprint density at radius 1 is 0.933 bits per heavy atom. The molecule has 148 valence electrons. The zero-order chi connectivity index (χ0) is 21.1. The van der Waals surface area contributed by atoms with Crippen molar-refractivity contribution in [2.45, 2.75) is 13.3 Å². The molecule has 3 nitrogen and oxygen atoms in total. The molecule has 0 atom stereocenters. The van der Waals surface area contributed by atoms with E-state index in [1.807, 2.05) is 37.3 Å². The van der Waals surface area contributed by atoms with Crippen LogP contribution in [0.5, 0.6) is 0 Å². The van der Waals surface area contributed by atoms with E-state index in [-0.39, 0.29) is 0 Å². The molecule has 0 aliphatic carbocycles. The summed E-state index contributed by atoms with van der Waals surface area (Å²) in [6.07, 6.45) is 6.54. The molecule has 0 aliphatic rings. The number of benzene rings is 3. The highest BCUT2D eigenvalue weighted by molar-refractivity contribution is 6.58. The summed E-state index contributed by atoms with van der Waals surface area (Å²) in [4.78, 5) is 0. The second-order valence-electron chi connectivity index (χ2n) is 7.22. The average Bonchev–Trinajstić information content (AvgIpc) is 3.13. The van der Waals surface area contributed by atoms with E-state index in [4.69, 9.17) is 4.42 Å². The van der Waals surface area contributed by atoms with Crippen molar-refractivity contribution in [2.24, 2.45) is 0 Å². The highest BCUT2D eigenvalue weighted by Crippen LogP contribution is 2.37. The monoisotopic (exact) mass is 394 g/mol. The quantitative estimate of drug-likeness (QED) is 0.450. The second kappa shape index (κ2) is 8.58. The van der Waals surface area contributed by atoms with Crippen LogP contribution in [-0.4, -0.2) is 17.2 Å². The predicted molar refractivity (Wildman–Crippen MR) is 126 cm³/mol. The standard InChI is InChI=1S/C26H23BO3/c1-3-8-22-24-12-7-11-23(26(24)30-25(22)4-2)21-10-6-5-9-19(21)17-18-13-15-20(16-14-18)27(28)29/h3-16,28-29H,2,17H2,1H3/b8-3-. The Morgan fingerprint density at radius 2 is 1.67 bits per heavy atom. The molecule has 3 aromatic carbocycles. The van der Waals surface area contributed by atoms with Crippen LogP contribution in [0.2, 0.25) is 0 Å². The highest BCUT2D eigenvalue weighted by atomic mass is 16.4. The van der Waals surface area contributed by atoms with Gasteiger partial charge in [-0.3, -0.25) is 0 Å². The van der Waals surface area contributed by atoms with Gasteiger partial charge in [-0.2, -0.15) is 0 Å². The topological polar surface area (TPSA) is 53.6 Å². The molecule has 0 amide bonds. The largest absolute Gasteiger partial charge is 0.488 e. The van der Waals surface area contributed by atoms with Gasteiger partial charge >= 0.3 is 7.12 Å². The van der Waals surface area contributed by atoms with Gasteiger partial charge < -0.3 is 14.5 Å². The number of hydrogen-bond donors (Lipinski definition) is 2. The number of rotatable bonds is 6. The molecule has 4 heteroatoms. The lowest BCUT2D eigenvalue weighted by Crippen LogP contribution is -2.29. The maximum absolute atomic E-state index is 9.31. The Bertz CT molecular complexity index is 1220. The Balaban J connectivity index is 1.80. The van der Waals surface area contributed by atoms with Crippen LogP contribution in [-0.2, 0) is 6.42 Å². The lowest BCUT2D eigenvalue weighted by atomic mass is 9.80. The van der Waals surface area contributed by atoms with E-state index >= 15 is 0 Å². The molecule has 0 unspecified atom stereocenters. The Labute approximate surface area is 176 Å². The zero-order valence-corrected chi connectivity index (χ0v) is 16.9. The molecule has 1 aromatic heterocycles. The third-order valence-corrected chi connectivity index (χ3v) is 5.28. The molecule has 30 heavy (non-hydrogen) atoms. The maximum Gasteiger partial charge on any atom is 0.488 e. The van der Waals surface area contributed by atoms with Crippen molar-refractivity contribution in [3.05, 3.63) is 102 Å². The molecule has 4 rings (SSSR count). The summed E-state index contributed by atoms with van der Waals surface area (Å²) >= 11 is 0. The number of allylic oxidation sites excluding steroid dienone is 1. The molecule has 0 fully saturated rings. The summed E-state index contributed by atoms with van der Waals surface area (Å²) in [5.74, 6) is 0.770. The molecular formula is C26H23BO3. The second-order valence-corrected chi connectivity index (χ2v) is 7.22. The van der Waals surface area contributed by atoms with Crippen molar-refractivity contribution in [3.63, 3.8) is 0 Å². The molecule has 0 bridgehead atoms. The van der Waals surface area contributed by atoms with Gasteiger partial charge in [-0.05, 0) is 41.6 Å². The van der Waals surface area contributed by atoms with E-state index in [9.17, 15) is 10.0 Å². The van der Waals surface area contributed by atoms with Gasteiger partial charge in [0.15, 0.2) is 0 Å². The summed E-state index contributed by atoms with van der Waals surface area (Å²) < 4.78 is 6.21. The van der Waals surface area contributed by atoms with E-state index in [0.717, 1.165) is 45.4 Å². The molecule has 0 saturated carbocycles. The molecule has 1 heterocycles. The van der Waals surface area contributed by atoms with Crippen LogP contribution in [0.4, 0.5) is 0 Å². The number of hydrogen-bond acceptors (Lipinski definition) is 3. The van der Waals surface area contributed by atoms with Crippen LogP contribution in [0.15, 0.2) is 83.8 Å². The van der Waals surface area contributed by atoms with Gasteiger partial charge in [0, 0.05) is 16.5 Å². The van der Waals surface area contributed by atoms with Gasteiger partial charge in [0.25, 0.3) is 0 Å². The normalized spacial score (nSPS) is 11.3. The number of furan rings is 1. The first-order valence-corrected chi connectivity index (χ1v) is 9.96. The summed E-state index contributed by atoms with van der Waals surface area (Å²) in [6, 6.07) is 21.9. The SMILES string of the molecule is C=Cc1oc2c(-c3ccccc3Cc3ccc(B(O)O)cc3)cccc2c1/C=C\C. The molecule has 0 spiro atoms.